The fraction of sp³-hybridized carbons (Fsp3) is 0.350. The number of benzene rings is 2. The smallest absolute Gasteiger partial charge is 0.252 e. The van der Waals surface area contributed by atoms with Crippen molar-refractivity contribution >= 4 is 11.6 Å². The number of hydrogen-bond acceptors (Lipinski definition) is 3. The van der Waals surface area contributed by atoms with E-state index in [-0.39, 0.29) is 17.6 Å². The lowest BCUT2D eigenvalue weighted by Crippen LogP contribution is -2.41. The van der Waals surface area contributed by atoms with Gasteiger partial charge in [0.25, 0.3) is 5.91 Å². The first kappa shape index (κ1) is 16.4. The van der Waals surface area contributed by atoms with Gasteiger partial charge in [-0.25, -0.2) is 0 Å². The van der Waals surface area contributed by atoms with Gasteiger partial charge >= 0.3 is 0 Å². The van der Waals surface area contributed by atoms with E-state index in [1.165, 1.54) is 0 Å². The van der Waals surface area contributed by atoms with Gasteiger partial charge in [-0.15, -0.1) is 0 Å². The van der Waals surface area contributed by atoms with Gasteiger partial charge in [0.15, 0.2) is 0 Å². The van der Waals surface area contributed by atoms with Gasteiger partial charge in [0, 0.05) is 23.2 Å². The molecule has 1 heterocycles. The van der Waals surface area contributed by atoms with Crippen LogP contribution >= 0.6 is 0 Å². The molecule has 1 atom stereocenters. The summed E-state index contributed by atoms with van der Waals surface area (Å²) in [6.45, 7) is 8.04. The van der Waals surface area contributed by atoms with Crippen LogP contribution in [0.4, 0.5) is 5.69 Å². The van der Waals surface area contributed by atoms with Crippen molar-refractivity contribution in [2.45, 2.75) is 45.8 Å². The third kappa shape index (κ3) is 3.23. The Morgan fingerprint density at radius 2 is 1.96 bits per heavy atom. The molecular weight excluding hydrogens is 300 g/mol. The van der Waals surface area contributed by atoms with E-state index in [1.54, 1.807) is 0 Å². The standard InChI is InChI=1S/C20H24N2O2/c1-12-5-7-15(13(2)9-12)19(23)22-17-11-20(3,4)24-18-8-6-14(21)10-16(17)18/h5-10,17H,11,21H2,1-4H3,(H,22,23). The average Bonchev–Trinajstić information content (AvgIpc) is 2.47. The van der Waals surface area contributed by atoms with Gasteiger partial charge < -0.3 is 15.8 Å². The van der Waals surface area contributed by atoms with E-state index >= 15 is 0 Å². The molecule has 0 saturated heterocycles. The Labute approximate surface area is 143 Å². The fourth-order valence-corrected chi connectivity index (χ4v) is 3.31. The van der Waals surface area contributed by atoms with Crippen LogP contribution in [0.3, 0.4) is 0 Å². The van der Waals surface area contributed by atoms with Crippen LogP contribution in [-0.4, -0.2) is 11.5 Å². The van der Waals surface area contributed by atoms with E-state index in [4.69, 9.17) is 10.5 Å². The Balaban J connectivity index is 1.91. The number of rotatable bonds is 2. The Hall–Kier alpha value is -2.49. The SMILES string of the molecule is Cc1ccc(C(=O)NC2CC(C)(C)Oc3ccc(N)cc32)c(C)c1. The zero-order valence-electron chi connectivity index (χ0n) is 14.6. The highest BCUT2D eigenvalue weighted by molar-refractivity contribution is 5.96. The normalized spacial score (nSPS) is 18.4. The van der Waals surface area contributed by atoms with Crippen molar-refractivity contribution in [2.24, 2.45) is 0 Å². The van der Waals surface area contributed by atoms with Crippen LogP contribution in [0.1, 0.15) is 53.4 Å². The molecule has 0 bridgehead atoms. The van der Waals surface area contributed by atoms with E-state index in [2.05, 4.69) is 5.32 Å². The third-order valence-corrected chi connectivity index (χ3v) is 4.42. The molecule has 2 aromatic carbocycles. The topological polar surface area (TPSA) is 64.3 Å². The predicted octanol–water partition coefficient (Wildman–Crippen LogP) is 3.92. The van der Waals surface area contributed by atoms with E-state index in [0.29, 0.717) is 17.7 Å². The Kier molecular flexibility index (Phi) is 3.99. The molecule has 0 aromatic heterocycles. The minimum atomic E-state index is -0.344. The number of carbonyl (C=O) groups excluding carboxylic acids is 1. The molecule has 0 fully saturated rings. The van der Waals surface area contributed by atoms with Crippen molar-refractivity contribution in [3.8, 4) is 5.75 Å². The first-order valence-corrected chi connectivity index (χ1v) is 8.22. The fourth-order valence-electron chi connectivity index (χ4n) is 3.31. The molecule has 24 heavy (non-hydrogen) atoms. The number of nitrogen functional groups attached to an aromatic ring is 1. The van der Waals surface area contributed by atoms with Crippen molar-refractivity contribution < 1.29 is 9.53 Å². The van der Waals surface area contributed by atoms with Crippen LogP contribution in [0.5, 0.6) is 5.75 Å². The maximum Gasteiger partial charge on any atom is 0.252 e. The summed E-state index contributed by atoms with van der Waals surface area (Å²) in [5, 5.41) is 3.16. The van der Waals surface area contributed by atoms with Gasteiger partial charge in [0.2, 0.25) is 0 Å². The van der Waals surface area contributed by atoms with Crippen molar-refractivity contribution in [3.05, 3.63) is 58.7 Å². The minimum Gasteiger partial charge on any atom is -0.487 e. The molecule has 1 unspecified atom stereocenters. The number of nitrogens with one attached hydrogen (secondary N) is 1. The average molecular weight is 324 g/mol. The molecule has 126 valence electrons. The molecule has 3 rings (SSSR count). The summed E-state index contributed by atoms with van der Waals surface area (Å²) < 4.78 is 6.02. The molecule has 4 heteroatoms. The summed E-state index contributed by atoms with van der Waals surface area (Å²) in [4.78, 5) is 12.8. The zero-order valence-corrected chi connectivity index (χ0v) is 14.6. The van der Waals surface area contributed by atoms with Gasteiger partial charge in [-0.3, -0.25) is 4.79 Å². The summed E-state index contributed by atoms with van der Waals surface area (Å²) >= 11 is 0. The number of hydrogen-bond donors (Lipinski definition) is 2. The third-order valence-electron chi connectivity index (χ3n) is 4.42. The molecule has 4 nitrogen and oxygen atoms in total. The first-order valence-electron chi connectivity index (χ1n) is 8.22. The summed E-state index contributed by atoms with van der Waals surface area (Å²) in [7, 11) is 0. The lowest BCUT2D eigenvalue weighted by molar-refractivity contribution is 0.0620. The Morgan fingerprint density at radius 3 is 2.67 bits per heavy atom. The van der Waals surface area contributed by atoms with Crippen LogP contribution in [0.2, 0.25) is 0 Å². The van der Waals surface area contributed by atoms with Gasteiger partial charge in [0.1, 0.15) is 11.4 Å². The summed E-state index contributed by atoms with van der Waals surface area (Å²) in [5.74, 6) is 0.718. The summed E-state index contributed by atoms with van der Waals surface area (Å²) in [6.07, 6.45) is 0.695. The van der Waals surface area contributed by atoms with E-state index < -0.39 is 0 Å². The van der Waals surface area contributed by atoms with Crippen molar-refractivity contribution in [1.29, 1.82) is 0 Å². The summed E-state index contributed by atoms with van der Waals surface area (Å²) in [6, 6.07) is 11.3. The molecule has 0 aliphatic carbocycles. The number of carbonyl (C=O) groups is 1. The number of fused-ring (bicyclic) bond motifs is 1. The zero-order chi connectivity index (χ0) is 17.5. The van der Waals surface area contributed by atoms with Crippen LogP contribution in [0, 0.1) is 13.8 Å². The lowest BCUT2D eigenvalue weighted by Gasteiger charge is -2.38. The molecule has 0 spiro atoms. The maximum absolute atomic E-state index is 12.8. The number of anilines is 1. The van der Waals surface area contributed by atoms with Gasteiger partial charge in [-0.2, -0.15) is 0 Å². The van der Waals surface area contributed by atoms with E-state index in [0.717, 1.165) is 22.4 Å². The highest BCUT2D eigenvalue weighted by Crippen LogP contribution is 2.40. The molecule has 2 aromatic rings. The second-order valence-corrected chi connectivity index (χ2v) is 7.21. The minimum absolute atomic E-state index is 0.0661. The molecule has 1 aliphatic rings. The van der Waals surface area contributed by atoms with Crippen molar-refractivity contribution in [1.82, 2.24) is 5.32 Å². The maximum atomic E-state index is 12.8. The van der Waals surface area contributed by atoms with Crippen LogP contribution in [0.15, 0.2) is 36.4 Å². The monoisotopic (exact) mass is 324 g/mol. The van der Waals surface area contributed by atoms with E-state index in [1.807, 2.05) is 64.1 Å². The molecule has 1 aliphatic heterocycles. The number of amides is 1. The highest BCUT2D eigenvalue weighted by Gasteiger charge is 2.34. The molecule has 3 N–H and O–H groups in total. The molecule has 0 saturated carbocycles. The molecule has 1 amide bonds. The Morgan fingerprint density at radius 1 is 1.21 bits per heavy atom. The number of aryl methyl sites for hydroxylation is 2. The van der Waals surface area contributed by atoms with Crippen LogP contribution < -0.4 is 15.8 Å². The number of nitrogens with two attached hydrogens (primary N) is 1. The largest absolute Gasteiger partial charge is 0.487 e. The molecular formula is C20H24N2O2. The van der Waals surface area contributed by atoms with Crippen LogP contribution in [-0.2, 0) is 0 Å². The van der Waals surface area contributed by atoms with Crippen LogP contribution in [0.25, 0.3) is 0 Å². The highest BCUT2D eigenvalue weighted by atomic mass is 16.5. The van der Waals surface area contributed by atoms with Crippen molar-refractivity contribution in [3.63, 3.8) is 0 Å². The predicted molar refractivity (Wildman–Crippen MR) is 96.3 cm³/mol. The van der Waals surface area contributed by atoms with Gasteiger partial charge in [0.05, 0.1) is 6.04 Å². The summed E-state index contributed by atoms with van der Waals surface area (Å²) in [5.41, 5.74) is 10.0. The van der Waals surface area contributed by atoms with Crippen molar-refractivity contribution in [2.75, 3.05) is 5.73 Å². The quantitative estimate of drug-likeness (QED) is 0.823. The van der Waals surface area contributed by atoms with E-state index in [9.17, 15) is 4.79 Å². The van der Waals surface area contributed by atoms with Gasteiger partial charge in [-0.05, 0) is 57.5 Å². The first-order chi connectivity index (χ1) is 11.2. The van der Waals surface area contributed by atoms with Gasteiger partial charge in [-0.1, -0.05) is 17.7 Å². The second-order valence-electron chi connectivity index (χ2n) is 7.21. The lowest BCUT2D eigenvalue weighted by atomic mass is 9.89. The molecule has 0 radical (unpaired) electrons. The Bertz CT molecular complexity index is 796. The second kappa shape index (κ2) is 5.86. The number of ether oxygens (including phenoxy) is 1.